The Hall–Kier alpha value is -0.250. The Kier molecular flexibility index (Phi) is 5.38. The van der Waals surface area contributed by atoms with Crippen molar-refractivity contribution in [3.63, 3.8) is 0 Å². The Morgan fingerprint density at radius 3 is 2.25 bits per heavy atom. The molecule has 2 saturated carbocycles. The molecule has 0 bridgehead atoms. The molecule has 1 N–H and O–H groups in total. The fourth-order valence-electron chi connectivity index (χ4n) is 4.37. The lowest BCUT2D eigenvalue weighted by molar-refractivity contribution is -0.142. The van der Waals surface area contributed by atoms with E-state index in [2.05, 4.69) is 0 Å². The zero-order valence-electron chi connectivity index (χ0n) is 12.2. The molecule has 0 radical (unpaired) electrons. The van der Waals surface area contributed by atoms with Crippen molar-refractivity contribution in [3.05, 3.63) is 0 Å². The zero-order valence-corrected chi connectivity index (χ0v) is 12.2. The largest absolute Gasteiger partial charge is 0.390 e. The van der Waals surface area contributed by atoms with Gasteiger partial charge in [-0.25, -0.2) is 0 Å². The molecule has 2 rings (SSSR count). The first-order valence-electron chi connectivity index (χ1n) is 8.20. The Morgan fingerprint density at radius 2 is 1.60 bits per heavy atom. The molecule has 2 aliphatic rings. The minimum Gasteiger partial charge on any atom is -0.390 e. The first kappa shape index (κ1) is 16.1. The van der Waals surface area contributed by atoms with Gasteiger partial charge in [-0.1, -0.05) is 44.9 Å². The summed E-state index contributed by atoms with van der Waals surface area (Å²) in [5.41, 5.74) is -0.828. The summed E-state index contributed by atoms with van der Waals surface area (Å²) in [4.78, 5) is 0. The molecule has 0 aromatic heterocycles. The molecule has 0 saturated heterocycles. The maximum atomic E-state index is 12.3. The lowest BCUT2D eigenvalue weighted by Gasteiger charge is -2.45. The van der Waals surface area contributed by atoms with Gasteiger partial charge in [-0.15, -0.1) is 0 Å². The van der Waals surface area contributed by atoms with E-state index in [-0.39, 0.29) is 12.3 Å². The third kappa shape index (κ3) is 4.37. The van der Waals surface area contributed by atoms with Crippen LogP contribution >= 0.6 is 0 Å². The highest BCUT2D eigenvalue weighted by Gasteiger charge is 2.43. The molecule has 2 fully saturated rings. The van der Waals surface area contributed by atoms with Gasteiger partial charge >= 0.3 is 6.18 Å². The zero-order chi connectivity index (χ0) is 14.6. The van der Waals surface area contributed by atoms with Crippen LogP contribution in [0.2, 0.25) is 0 Å². The van der Waals surface area contributed by atoms with Crippen LogP contribution in [0.1, 0.15) is 77.0 Å². The Bertz CT molecular complexity index is 297. The molecule has 0 aromatic rings. The molecule has 0 aliphatic heterocycles. The summed E-state index contributed by atoms with van der Waals surface area (Å²) in [6.45, 7) is 0. The van der Waals surface area contributed by atoms with Gasteiger partial charge in [-0.2, -0.15) is 13.2 Å². The lowest BCUT2D eigenvalue weighted by atomic mass is 9.64. The van der Waals surface area contributed by atoms with Crippen molar-refractivity contribution in [1.82, 2.24) is 0 Å². The number of aliphatic hydroxyl groups is 1. The van der Waals surface area contributed by atoms with Crippen LogP contribution in [-0.2, 0) is 0 Å². The molecule has 0 heterocycles. The van der Waals surface area contributed by atoms with Crippen LogP contribution in [0.4, 0.5) is 13.2 Å². The molecular formula is C16H27F3O. The van der Waals surface area contributed by atoms with E-state index in [0.29, 0.717) is 18.8 Å². The average Bonchev–Trinajstić information content (AvgIpc) is 2.38. The molecule has 0 aromatic carbocycles. The van der Waals surface area contributed by atoms with Gasteiger partial charge in [0, 0.05) is 6.42 Å². The normalized spacial score (nSPS) is 33.3. The van der Waals surface area contributed by atoms with E-state index in [1.165, 1.54) is 19.3 Å². The second-order valence-electron chi connectivity index (χ2n) is 6.82. The van der Waals surface area contributed by atoms with E-state index in [0.717, 1.165) is 32.1 Å². The maximum Gasteiger partial charge on any atom is 0.389 e. The van der Waals surface area contributed by atoms with E-state index in [9.17, 15) is 18.3 Å². The van der Waals surface area contributed by atoms with Gasteiger partial charge in [0.15, 0.2) is 0 Å². The van der Waals surface area contributed by atoms with Crippen LogP contribution in [0, 0.1) is 11.8 Å². The minimum absolute atomic E-state index is 0.0726. The summed E-state index contributed by atoms with van der Waals surface area (Å²) in [6.07, 6.45) is 5.39. The summed E-state index contributed by atoms with van der Waals surface area (Å²) < 4.78 is 36.9. The number of alkyl halides is 3. The van der Waals surface area contributed by atoms with Crippen molar-refractivity contribution in [2.24, 2.45) is 11.8 Å². The summed E-state index contributed by atoms with van der Waals surface area (Å²) >= 11 is 0. The molecule has 2 atom stereocenters. The molecule has 1 nitrogen and oxygen atoms in total. The highest BCUT2D eigenvalue weighted by molar-refractivity contribution is 4.94. The third-order valence-electron chi connectivity index (χ3n) is 5.35. The molecule has 2 unspecified atom stereocenters. The van der Waals surface area contributed by atoms with Crippen LogP contribution in [0.3, 0.4) is 0 Å². The van der Waals surface area contributed by atoms with E-state index in [1.54, 1.807) is 0 Å². The van der Waals surface area contributed by atoms with E-state index >= 15 is 0 Å². The third-order valence-corrected chi connectivity index (χ3v) is 5.35. The second-order valence-corrected chi connectivity index (χ2v) is 6.82. The number of hydrogen-bond acceptors (Lipinski definition) is 1. The first-order valence-corrected chi connectivity index (χ1v) is 8.20. The van der Waals surface area contributed by atoms with Gasteiger partial charge in [0.05, 0.1) is 5.60 Å². The summed E-state index contributed by atoms with van der Waals surface area (Å²) in [7, 11) is 0. The van der Waals surface area contributed by atoms with Crippen LogP contribution in [0.15, 0.2) is 0 Å². The van der Waals surface area contributed by atoms with Crippen LogP contribution < -0.4 is 0 Å². The quantitative estimate of drug-likeness (QED) is 0.753. The van der Waals surface area contributed by atoms with Crippen molar-refractivity contribution in [1.29, 1.82) is 0 Å². The van der Waals surface area contributed by atoms with Crippen molar-refractivity contribution >= 4 is 0 Å². The first-order chi connectivity index (χ1) is 9.41. The predicted molar refractivity (Wildman–Crippen MR) is 73.4 cm³/mol. The smallest absolute Gasteiger partial charge is 0.389 e. The molecule has 4 heteroatoms. The monoisotopic (exact) mass is 292 g/mol. The molecule has 118 valence electrons. The van der Waals surface area contributed by atoms with E-state index in [1.807, 2.05) is 0 Å². The van der Waals surface area contributed by atoms with Gasteiger partial charge in [0.1, 0.15) is 0 Å². The van der Waals surface area contributed by atoms with Crippen LogP contribution in [0.5, 0.6) is 0 Å². The molecular weight excluding hydrogens is 265 g/mol. The van der Waals surface area contributed by atoms with Crippen molar-refractivity contribution in [3.8, 4) is 0 Å². The number of rotatable bonds is 4. The minimum atomic E-state index is -4.09. The molecule has 0 spiro atoms. The van der Waals surface area contributed by atoms with Crippen molar-refractivity contribution < 1.29 is 18.3 Å². The van der Waals surface area contributed by atoms with E-state index < -0.39 is 18.2 Å². The van der Waals surface area contributed by atoms with Gasteiger partial charge in [-0.3, -0.25) is 0 Å². The van der Waals surface area contributed by atoms with Crippen LogP contribution in [0.25, 0.3) is 0 Å². The summed E-state index contributed by atoms with van der Waals surface area (Å²) in [5, 5.41) is 10.9. The fourth-order valence-corrected chi connectivity index (χ4v) is 4.37. The highest BCUT2D eigenvalue weighted by atomic mass is 19.4. The SMILES string of the molecule is OC1(CCCC(F)(F)F)CCCCC1C1CCCCC1. The highest BCUT2D eigenvalue weighted by Crippen LogP contribution is 2.46. The standard InChI is InChI=1S/C16H27F3O/c17-16(18,19)12-6-11-15(20)10-5-4-9-14(15)13-7-2-1-3-8-13/h13-14,20H,1-12H2. The number of hydrogen-bond donors (Lipinski definition) is 1. The Labute approximate surface area is 119 Å². The van der Waals surface area contributed by atoms with Gasteiger partial charge < -0.3 is 5.11 Å². The topological polar surface area (TPSA) is 20.2 Å². The summed E-state index contributed by atoms with van der Waals surface area (Å²) in [5.74, 6) is 0.782. The molecule has 0 amide bonds. The fraction of sp³-hybridized carbons (Fsp3) is 1.00. The lowest BCUT2D eigenvalue weighted by Crippen LogP contribution is -2.45. The summed E-state index contributed by atoms with van der Waals surface area (Å²) in [6, 6.07) is 0. The number of halogens is 3. The molecule has 2 aliphatic carbocycles. The van der Waals surface area contributed by atoms with Gasteiger partial charge in [0.25, 0.3) is 0 Å². The Morgan fingerprint density at radius 1 is 0.950 bits per heavy atom. The van der Waals surface area contributed by atoms with Crippen molar-refractivity contribution in [2.75, 3.05) is 0 Å². The maximum absolute atomic E-state index is 12.3. The van der Waals surface area contributed by atoms with Gasteiger partial charge in [0.2, 0.25) is 0 Å². The van der Waals surface area contributed by atoms with E-state index in [4.69, 9.17) is 0 Å². The second kappa shape index (κ2) is 6.67. The van der Waals surface area contributed by atoms with Crippen molar-refractivity contribution in [2.45, 2.75) is 88.8 Å². The van der Waals surface area contributed by atoms with Crippen LogP contribution in [-0.4, -0.2) is 16.9 Å². The average molecular weight is 292 g/mol. The molecule has 20 heavy (non-hydrogen) atoms. The predicted octanol–water partition coefficient (Wildman–Crippen LogP) is 5.22. The Balaban J connectivity index is 1.93. The van der Waals surface area contributed by atoms with Gasteiger partial charge in [-0.05, 0) is 37.5 Å².